The molecule has 4 heterocycles. The van der Waals surface area contributed by atoms with E-state index in [1.54, 1.807) is 0 Å². The van der Waals surface area contributed by atoms with E-state index in [2.05, 4.69) is 32.9 Å². The molecule has 11 nitrogen and oxygen atoms in total. The van der Waals surface area contributed by atoms with Crippen LogP contribution >= 0.6 is 0 Å². The van der Waals surface area contributed by atoms with Crippen LogP contribution < -0.4 is 0 Å². The van der Waals surface area contributed by atoms with Crippen molar-refractivity contribution in [1.29, 1.82) is 0 Å². The normalized spacial score (nSPS) is 19.8. The zero-order valence-corrected chi connectivity index (χ0v) is 24.5. The van der Waals surface area contributed by atoms with Gasteiger partial charge < -0.3 is 25.0 Å². The van der Waals surface area contributed by atoms with Crippen molar-refractivity contribution in [2.45, 2.75) is 38.1 Å². The molecule has 2 aromatic rings. The summed E-state index contributed by atoms with van der Waals surface area (Å²) >= 11 is 0. The van der Waals surface area contributed by atoms with Gasteiger partial charge in [0.2, 0.25) is 0 Å². The van der Waals surface area contributed by atoms with Gasteiger partial charge in [-0.25, -0.2) is 14.4 Å². The summed E-state index contributed by atoms with van der Waals surface area (Å²) in [6.45, 7) is 7.05. The number of alkyl halides is 9. The number of aromatic nitrogens is 2. The number of aliphatic carboxylic acids is 3. The fourth-order valence-corrected chi connectivity index (χ4v) is 4.65. The average Bonchev–Trinajstić information content (AvgIpc) is 3.50. The summed E-state index contributed by atoms with van der Waals surface area (Å²) in [7, 11) is 2.24. The third-order valence-electron chi connectivity index (χ3n) is 6.60. The molecule has 47 heavy (non-hydrogen) atoms. The molecule has 0 unspecified atom stereocenters. The molecule has 1 spiro atoms. The molecule has 0 bridgehead atoms. The summed E-state index contributed by atoms with van der Waals surface area (Å²) in [5.41, 5.74) is 2.68. The van der Waals surface area contributed by atoms with Crippen LogP contribution in [0.25, 0.3) is 0 Å². The number of halogens is 9. The molecule has 2 fully saturated rings. The molecule has 0 aliphatic carbocycles. The first-order valence-electron chi connectivity index (χ1n) is 13.2. The topological polar surface area (TPSA) is 153 Å². The largest absolute Gasteiger partial charge is 0.490 e. The van der Waals surface area contributed by atoms with Crippen molar-refractivity contribution in [1.82, 2.24) is 19.8 Å². The Morgan fingerprint density at radius 3 is 1.87 bits per heavy atom. The first-order valence-corrected chi connectivity index (χ1v) is 13.2. The summed E-state index contributed by atoms with van der Waals surface area (Å²) in [6.07, 6.45) is -8.33. The van der Waals surface area contributed by atoms with Gasteiger partial charge in [-0.2, -0.15) is 39.5 Å². The average molecular weight is 695 g/mol. The van der Waals surface area contributed by atoms with Crippen LogP contribution in [-0.4, -0.2) is 111 Å². The molecule has 2 aliphatic rings. The second-order valence-corrected chi connectivity index (χ2v) is 10.3. The number of carboxylic acid groups (broad SMARTS) is 3. The highest BCUT2D eigenvalue weighted by molar-refractivity contribution is 5.73. The van der Waals surface area contributed by atoms with Gasteiger partial charge in [-0.15, -0.1) is 0 Å². The smallest absolute Gasteiger partial charge is 0.475 e. The fourth-order valence-electron chi connectivity index (χ4n) is 4.65. The molecule has 20 heteroatoms. The molecular weight excluding hydrogens is 663 g/mol. The number of carbonyl (C=O) groups is 3. The lowest BCUT2D eigenvalue weighted by Gasteiger charge is -2.30. The van der Waals surface area contributed by atoms with Crippen LogP contribution in [0.15, 0.2) is 48.9 Å². The van der Waals surface area contributed by atoms with Crippen molar-refractivity contribution >= 4 is 17.9 Å². The number of likely N-dealkylation sites (tertiary alicyclic amines) is 2. The van der Waals surface area contributed by atoms with Crippen LogP contribution in [-0.2, 0) is 32.3 Å². The Balaban J connectivity index is 0.000000430. The predicted molar refractivity (Wildman–Crippen MR) is 143 cm³/mol. The van der Waals surface area contributed by atoms with Crippen LogP contribution in [0.3, 0.4) is 0 Å². The minimum Gasteiger partial charge on any atom is -0.475 e. The van der Waals surface area contributed by atoms with E-state index in [0.717, 1.165) is 31.9 Å². The minimum absolute atomic E-state index is 0.362. The Morgan fingerprint density at radius 2 is 1.43 bits per heavy atom. The number of carboxylic acids is 3. The maximum Gasteiger partial charge on any atom is 0.490 e. The number of pyridine rings is 2. The number of rotatable bonds is 6. The Labute approximate surface area is 261 Å². The van der Waals surface area contributed by atoms with Gasteiger partial charge in [0.25, 0.3) is 0 Å². The maximum absolute atomic E-state index is 10.6. The lowest BCUT2D eigenvalue weighted by Crippen LogP contribution is -2.36. The van der Waals surface area contributed by atoms with Crippen LogP contribution in [0.2, 0.25) is 0 Å². The van der Waals surface area contributed by atoms with E-state index in [9.17, 15) is 39.5 Å². The third-order valence-corrected chi connectivity index (χ3v) is 6.60. The van der Waals surface area contributed by atoms with Crippen LogP contribution in [0.5, 0.6) is 0 Å². The maximum atomic E-state index is 10.6. The predicted octanol–water partition coefficient (Wildman–Crippen LogP) is 4.35. The molecule has 3 N–H and O–H groups in total. The van der Waals surface area contributed by atoms with Gasteiger partial charge in [-0.1, -0.05) is 12.1 Å². The van der Waals surface area contributed by atoms with Gasteiger partial charge in [0.15, 0.2) is 0 Å². The third kappa shape index (κ3) is 15.4. The number of hydrogen-bond acceptors (Lipinski definition) is 8. The second-order valence-electron chi connectivity index (χ2n) is 10.3. The standard InChI is InChI=1S/C21H28N4O.3C2HF3O2/c1-24-13-19(14-26-15-20-6-2-3-9-23-20)21(16-24)7-10-25(17-21)12-18-5-4-8-22-11-18;3*3-2(4,5)1(6)7/h2-6,8-9,11,19H,7,10,12-17H2,1H3;3*(H,6,7)/t19-,21+;;;/m0.../s1. The van der Waals surface area contributed by atoms with Crippen molar-refractivity contribution in [3.8, 4) is 0 Å². The van der Waals surface area contributed by atoms with E-state index in [4.69, 9.17) is 34.4 Å². The molecule has 4 rings (SSSR count). The van der Waals surface area contributed by atoms with Crippen molar-refractivity contribution in [3.63, 3.8) is 0 Å². The van der Waals surface area contributed by atoms with E-state index in [-0.39, 0.29) is 0 Å². The van der Waals surface area contributed by atoms with Crippen molar-refractivity contribution in [2.75, 3.05) is 39.8 Å². The summed E-state index contributed by atoms with van der Waals surface area (Å²) in [5, 5.41) is 21.4. The quantitative estimate of drug-likeness (QED) is 0.370. The number of hydrogen-bond donors (Lipinski definition) is 3. The first-order chi connectivity index (χ1) is 21.6. The Morgan fingerprint density at radius 1 is 0.872 bits per heavy atom. The van der Waals surface area contributed by atoms with E-state index in [0.29, 0.717) is 17.9 Å². The van der Waals surface area contributed by atoms with Gasteiger partial charge in [0.1, 0.15) is 0 Å². The fraction of sp³-hybridized carbons (Fsp3) is 0.519. The highest BCUT2D eigenvalue weighted by Gasteiger charge is 2.49. The molecule has 2 aromatic heterocycles. The molecular formula is C27H31F9N4O7. The Kier molecular flexibility index (Phi) is 15.5. The monoisotopic (exact) mass is 694 g/mol. The molecule has 0 amide bonds. The van der Waals surface area contributed by atoms with Crippen LogP contribution in [0.1, 0.15) is 17.7 Å². The number of nitrogens with zero attached hydrogens (tertiary/aromatic N) is 4. The van der Waals surface area contributed by atoms with E-state index in [1.165, 1.54) is 25.1 Å². The number of ether oxygens (including phenoxy) is 1. The van der Waals surface area contributed by atoms with Crippen molar-refractivity contribution < 1.29 is 74.0 Å². The van der Waals surface area contributed by atoms with Crippen molar-refractivity contribution in [3.05, 3.63) is 60.2 Å². The molecule has 264 valence electrons. The van der Waals surface area contributed by atoms with Gasteiger partial charge in [0, 0.05) is 56.1 Å². The zero-order chi connectivity index (χ0) is 36.1. The summed E-state index contributed by atoms with van der Waals surface area (Å²) in [4.78, 5) is 40.4. The van der Waals surface area contributed by atoms with Gasteiger partial charge in [-0.3, -0.25) is 14.9 Å². The van der Waals surface area contributed by atoms with E-state index >= 15 is 0 Å². The molecule has 2 aliphatic heterocycles. The molecule has 2 saturated heterocycles. The first kappa shape index (κ1) is 41.0. The van der Waals surface area contributed by atoms with Gasteiger partial charge in [-0.05, 0) is 43.8 Å². The molecule has 0 saturated carbocycles. The Hall–Kier alpha value is -4.04. The summed E-state index contributed by atoms with van der Waals surface area (Å²) < 4.78 is 101. The summed E-state index contributed by atoms with van der Waals surface area (Å²) in [5.74, 6) is -7.68. The highest BCUT2D eigenvalue weighted by atomic mass is 19.4. The summed E-state index contributed by atoms with van der Waals surface area (Å²) in [6, 6.07) is 10.2. The van der Waals surface area contributed by atoms with E-state index < -0.39 is 36.4 Å². The van der Waals surface area contributed by atoms with Crippen molar-refractivity contribution in [2.24, 2.45) is 11.3 Å². The highest BCUT2D eigenvalue weighted by Crippen LogP contribution is 2.44. The van der Waals surface area contributed by atoms with Crippen LogP contribution in [0, 0.1) is 11.3 Å². The Bertz CT molecular complexity index is 1210. The SMILES string of the molecule is CN1C[C@@H](COCc2ccccn2)[C@]2(CCN(Cc3cccnc3)C2)C1.O=C(O)C(F)(F)F.O=C(O)C(F)(F)F.O=C(O)C(F)(F)F. The van der Waals surface area contributed by atoms with Gasteiger partial charge in [0.05, 0.1) is 18.9 Å². The van der Waals surface area contributed by atoms with Gasteiger partial charge >= 0.3 is 36.4 Å². The molecule has 0 aromatic carbocycles. The van der Waals surface area contributed by atoms with E-state index in [1.807, 2.05) is 42.9 Å². The lowest BCUT2D eigenvalue weighted by atomic mass is 9.77. The molecule has 2 atom stereocenters. The molecule has 0 radical (unpaired) electrons. The second kappa shape index (κ2) is 17.8. The van der Waals surface area contributed by atoms with Crippen LogP contribution in [0.4, 0.5) is 39.5 Å². The minimum atomic E-state index is -5.08. The lowest BCUT2D eigenvalue weighted by molar-refractivity contribution is -0.193. The zero-order valence-electron chi connectivity index (χ0n) is 24.5.